The molecule has 1 amide bonds. The average Bonchev–Trinajstić information content (AvgIpc) is 2.42. The molecule has 2 rings (SSSR count). The minimum absolute atomic E-state index is 0.227. The number of nitrogens with one attached hydrogen (secondary N) is 1. The van der Waals surface area contributed by atoms with E-state index in [1.807, 2.05) is 11.6 Å². The van der Waals surface area contributed by atoms with Crippen LogP contribution >= 0.6 is 11.6 Å². The van der Waals surface area contributed by atoms with Gasteiger partial charge in [-0.2, -0.15) is 0 Å². The predicted molar refractivity (Wildman–Crippen MR) is 85.0 cm³/mol. The van der Waals surface area contributed by atoms with Crippen LogP contribution in [-0.4, -0.2) is 20.6 Å². The Bertz CT molecular complexity index is 801. The molecule has 1 N–H and O–H groups in total. The number of ether oxygens (including phenoxy) is 1. The molecule has 0 unspecified atom stereocenters. The second-order valence-electron chi connectivity index (χ2n) is 4.74. The summed E-state index contributed by atoms with van der Waals surface area (Å²) in [6.45, 7) is 1.87. The number of sulfonamides is 1. The van der Waals surface area contributed by atoms with Gasteiger partial charge in [-0.05, 0) is 55.0 Å². The van der Waals surface area contributed by atoms with Gasteiger partial charge in [0.05, 0.1) is 6.26 Å². The molecule has 0 aliphatic rings. The van der Waals surface area contributed by atoms with Gasteiger partial charge < -0.3 is 4.74 Å². The maximum Gasteiger partial charge on any atom is 0.264 e. The molecule has 0 aromatic heterocycles. The molecule has 116 valence electrons. The number of halogens is 1. The van der Waals surface area contributed by atoms with Gasteiger partial charge in [0.2, 0.25) is 10.0 Å². The van der Waals surface area contributed by atoms with Gasteiger partial charge in [-0.1, -0.05) is 11.6 Å². The van der Waals surface area contributed by atoms with Crippen molar-refractivity contribution < 1.29 is 17.9 Å². The summed E-state index contributed by atoms with van der Waals surface area (Å²) in [4.78, 5) is 11.7. The molecule has 5 nitrogen and oxygen atoms in total. The normalized spacial score (nSPS) is 11.0. The fourth-order valence-electron chi connectivity index (χ4n) is 1.72. The Morgan fingerprint density at radius 2 is 1.68 bits per heavy atom. The molecule has 0 radical (unpaired) electrons. The zero-order valence-corrected chi connectivity index (χ0v) is 13.5. The molecule has 0 saturated heterocycles. The standard InChI is InChI=1S/C15H14ClNO4S/c1-10-9-13(7-8-14(10)16)21-12-5-3-11(4-6-12)15(18)17-22(2,19)20/h3-9H,1-2H3,(H,17,18). The van der Waals surface area contributed by atoms with Gasteiger partial charge in [0.25, 0.3) is 5.91 Å². The van der Waals surface area contributed by atoms with Crippen molar-refractivity contribution in [2.45, 2.75) is 6.92 Å². The summed E-state index contributed by atoms with van der Waals surface area (Å²) in [6, 6.07) is 11.4. The van der Waals surface area contributed by atoms with E-state index >= 15 is 0 Å². The molecule has 2 aromatic rings. The van der Waals surface area contributed by atoms with Gasteiger partial charge in [0, 0.05) is 10.6 Å². The minimum Gasteiger partial charge on any atom is -0.457 e. The van der Waals surface area contributed by atoms with Crippen LogP contribution in [0.4, 0.5) is 0 Å². The largest absolute Gasteiger partial charge is 0.457 e. The van der Waals surface area contributed by atoms with Crippen LogP contribution in [0.2, 0.25) is 5.02 Å². The number of benzene rings is 2. The molecule has 2 aromatic carbocycles. The predicted octanol–water partition coefficient (Wildman–Crippen LogP) is 3.13. The zero-order chi connectivity index (χ0) is 16.3. The smallest absolute Gasteiger partial charge is 0.264 e. The van der Waals surface area contributed by atoms with Gasteiger partial charge in [-0.25, -0.2) is 13.1 Å². The minimum atomic E-state index is -3.58. The van der Waals surface area contributed by atoms with Gasteiger partial charge >= 0.3 is 0 Å². The Morgan fingerprint density at radius 1 is 1.09 bits per heavy atom. The average molecular weight is 340 g/mol. The molecule has 0 heterocycles. The summed E-state index contributed by atoms with van der Waals surface area (Å²) in [5.41, 5.74) is 1.12. The lowest BCUT2D eigenvalue weighted by atomic mass is 10.2. The molecule has 0 fully saturated rings. The van der Waals surface area contributed by atoms with Crippen molar-refractivity contribution in [1.82, 2.24) is 4.72 Å². The Hall–Kier alpha value is -2.05. The molecule has 0 aliphatic heterocycles. The van der Waals surface area contributed by atoms with Crippen molar-refractivity contribution in [2.24, 2.45) is 0 Å². The SMILES string of the molecule is Cc1cc(Oc2ccc(C(=O)NS(C)(=O)=O)cc2)ccc1Cl. The summed E-state index contributed by atoms with van der Waals surface area (Å²) < 4.78 is 29.6. The number of carbonyl (C=O) groups excluding carboxylic acids is 1. The van der Waals surface area contributed by atoms with Crippen LogP contribution < -0.4 is 9.46 Å². The Labute approximate surface area is 133 Å². The van der Waals surface area contributed by atoms with E-state index in [0.29, 0.717) is 16.5 Å². The van der Waals surface area contributed by atoms with E-state index in [1.165, 1.54) is 12.1 Å². The third kappa shape index (κ3) is 4.47. The maximum absolute atomic E-state index is 11.7. The summed E-state index contributed by atoms with van der Waals surface area (Å²) in [5, 5.41) is 0.653. The zero-order valence-electron chi connectivity index (χ0n) is 12.0. The number of hydrogen-bond acceptors (Lipinski definition) is 4. The highest BCUT2D eigenvalue weighted by molar-refractivity contribution is 7.89. The monoisotopic (exact) mass is 339 g/mol. The lowest BCUT2D eigenvalue weighted by Gasteiger charge is -2.08. The van der Waals surface area contributed by atoms with Crippen LogP contribution in [-0.2, 0) is 10.0 Å². The highest BCUT2D eigenvalue weighted by Gasteiger charge is 2.11. The van der Waals surface area contributed by atoms with E-state index < -0.39 is 15.9 Å². The van der Waals surface area contributed by atoms with E-state index in [9.17, 15) is 13.2 Å². The molecule has 0 saturated carbocycles. The van der Waals surface area contributed by atoms with E-state index in [1.54, 1.807) is 30.3 Å². The number of aryl methyl sites for hydroxylation is 1. The fourth-order valence-corrected chi connectivity index (χ4v) is 2.29. The van der Waals surface area contributed by atoms with Gasteiger partial charge in [-0.15, -0.1) is 0 Å². The van der Waals surface area contributed by atoms with Crippen LogP contribution in [0.1, 0.15) is 15.9 Å². The first kappa shape index (κ1) is 16.3. The first-order chi connectivity index (χ1) is 10.2. The Balaban J connectivity index is 2.12. The lowest BCUT2D eigenvalue weighted by molar-refractivity contribution is 0.0981. The van der Waals surface area contributed by atoms with Gasteiger partial charge in [-0.3, -0.25) is 4.79 Å². The Morgan fingerprint density at radius 3 is 2.23 bits per heavy atom. The third-order valence-electron chi connectivity index (χ3n) is 2.76. The van der Waals surface area contributed by atoms with Crippen LogP contribution in [0.3, 0.4) is 0 Å². The third-order valence-corrected chi connectivity index (χ3v) is 3.74. The maximum atomic E-state index is 11.7. The molecule has 0 atom stereocenters. The molecule has 0 bridgehead atoms. The van der Waals surface area contributed by atoms with Gasteiger partial charge in [0.15, 0.2) is 0 Å². The summed E-state index contributed by atoms with van der Waals surface area (Å²) in [7, 11) is -3.58. The van der Waals surface area contributed by atoms with Crippen molar-refractivity contribution in [2.75, 3.05) is 6.26 Å². The van der Waals surface area contributed by atoms with Crippen molar-refractivity contribution in [1.29, 1.82) is 0 Å². The highest BCUT2D eigenvalue weighted by atomic mass is 35.5. The van der Waals surface area contributed by atoms with Crippen LogP contribution in [0, 0.1) is 6.92 Å². The lowest BCUT2D eigenvalue weighted by Crippen LogP contribution is -2.29. The second-order valence-corrected chi connectivity index (χ2v) is 6.90. The molecule has 7 heteroatoms. The van der Waals surface area contributed by atoms with Crippen molar-refractivity contribution in [3.05, 3.63) is 58.6 Å². The first-order valence-corrected chi connectivity index (χ1v) is 8.58. The van der Waals surface area contributed by atoms with E-state index in [4.69, 9.17) is 16.3 Å². The fraction of sp³-hybridized carbons (Fsp3) is 0.133. The van der Waals surface area contributed by atoms with Crippen molar-refractivity contribution >= 4 is 27.5 Å². The number of hydrogen-bond donors (Lipinski definition) is 1. The quantitative estimate of drug-likeness (QED) is 0.928. The molecular weight excluding hydrogens is 326 g/mol. The van der Waals surface area contributed by atoms with Gasteiger partial charge in [0.1, 0.15) is 11.5 Å². The Kier molecular flexibility index (Phi) is 4.73. The van der Waals surface area contributed by atoms with E-state index in [2.05, 4.69) is 0 Å². The van der Waals surface area contributed by atoms with Crippen LogP contribution in [0.5, 0.6) is 11.5 Å². The summed E-state index contributed by atoms with van der Waals surface area (Å²) >= 11 is 5.94. The second kappa shape index (κ2) is 6.37. The highest BCUT2D eigenvalue weighted by Crippen LogP contribution is 2.26. The van der Waals surface area contributed by atoms with Crippen molar-refractivity contribution in [3.63, 3.8) is 0 Å². The first-order valence-electron chi connectivity index (χ1n) is 6.31. The van der Waals surface area contributed by atoms with Crippen molar-refractivity contribution in [3.8, 4) is 11.5 Å². The van der Waals surface area contributed by atoms with Crippen LogP contribution in [0.15, 0.2) is 42.5 Å². The molecule has 22 heavy (non-hydrogen) atoms. The van der Waals surface area contributed by atoms with E-state index in [0.717, 1.165) is 11.8 Å². The number of amides is 1. The number of carbonyl (C=O) groups is 1. The summed E-state index contributed by atoms with van der Waals surface area (Å²) in [5.74, 6) is 0.462. The molecule has 0 aliphatic carbocycles. The van der Waals surface area contributed by atoms with E-state index in [-0.39, 0.29) is 5.56 Å². The van der Waals surface area contributed by atoms with Crippen LogP contribution in [0.25, 0.3) is 0 Å². The number of rotatable bonds is 4. The topological polar surface area (TPSA) is 72.5 Å². The molecule has 0 spiro atoms. The molecular formula is C15H14ClNO4S. The summed E-state index contributed by atoms with van der Waals surface area (Å²) in [6.07, 6.45) is 0.922.